The number of rotatable bonds is 5. The van der Waals surface area contributed by atoms with Gasteiger partial charge in [-0.3, -0.25) is 0 Å². The van der Waals surface area contributed by atoms with Crippen molar-refractivity contribution in [3.8, 4) is 0 Å². The number of piperidine rings is 1. The van der Waals surface area contributed by atoms with Crippen LogP contribution in [-0.2, 0) is 6.42 Å². The predicted octanol–water partition coefficient (Wildman–Crippen LogP) is 2.49. The Morgan fingerprint density at radius 2 is 2.44 bits per heavy atom. The first kappa shape index (κ1) is 14.0. The zero-order valence-corrected chi connectivity index (χ0v) is 12.6. The lowest BCUT2D eigenvalue weighted by molar-refractivity contribution is 0.218. The molecule has 2 rings (SSSR count). The SMILES string of the molecule is CCN1CCCC(c2ncc(CC(C)NC)s2)C1. The van der Waals surface area contributed by atoms with E-state index in [0.717, 1.165) is 6.42 Å². The standard InChI is InChI=1S/C14H25N3S/c1-4-17-7-5-6-12(10-17)14-16-9-13(18-14)8-11(2)15-3/h9,11-12,15H,4-8,10H2,1-3H3. The molecular formula is C14H25N3S. The summed E-state index contributed by atoms with van der Waals surface area (Å²) in [5.74, 6) is 0.669. The second-order valence-electron chi connectivity index (χ2n) is 5.29. The molecule has 1 N–H and O–H groups in total. The van der Waals surface area contributed by atoms with Crippen molar-refractivity contribution < 1.29 is 0 Å². The highest BCUT2D eigenvalue weighted by molar-refractivity contribution is 7.11. The molecule has 1 aromatic rings. The van der Waals surface area contributed by atoms with Gasteiger partial charge in [0.25, 0.3) is 0 Å². The van der Waals surface area contributed by atoms with Gasteiger partial charge in [0.05, 0.1) is 5.01 Å². The highest BCUT2D eigenvalue weighted by Gasteiger charge is 2.22. The van der Waals surface area contributed by atoms with E-state index in [9.17, 15) is 0 Å². The maximum atomic E-state index is 4.66. The van der Waals surface area contributed by atoms with Gasteiger partial charge in [-0.1, -0.05) is 6.92 Å². The van der Waals surface area contributed by atoms with E-state index in [-0.39, 0.29) is 0 Å². The number of hydrogen-bond acceptors (Lipinski definition) is 4. The number of thiazole rings is 1. The molecule has 3 nitrogen and oxygen atoms in total. The van der Waals surface area contributed by atoms with Crippen LogP contribution in [0.15, 0.2) is 6.20 Å². The third kappa shape index (κ3) is 3.53. The van der Waals surface area contributed by atoms with Gasteiger partial charge in [0.15, 0.2) is 0 Å². The highest BCUT2D eigenvalue weighted by atomic mass is 32.1. The zero-order chi connectivity index (χ0) is 13.0. The van der Waals surface area contributed by atoms with Crippen LogP contribution in [-0.4, -0.2) is 42.6 Å². The summed E-state index contributed by atoms with van der Waals surface area (Å²) in [6.07, 6.45) is 5.81. The van der Waals surface area contributed by atoms with Gasteiger partial charge in [-0.25, -0.2) is 4.98 Å². The van der Waals surface area contributed by atoms with Crippen molar-refractivity contribution in [2.45, 2.75) is 45.1 Å². The van der Waals surface area contributed by atoms with E-state index in [2.05, 4.69) is 35.2 Å². The van der Waals surface area contributed by atoms with Gasteiger partial charge in [0, 0.05) is 29.6 Å². The van der Waals surface area contributed by atoms with Crippen LogP contribution in [0.2, 0.25) is 0 Å². The van der Waals surface area contributed by atoms with Crippen LogP contribution in [0.1, 0.15) is 42.5 Å². The van der Waals surface area contributed by atoms with E-state index in [1.54, 1.807) is 0 Å². The third-order valence-electron chi connectivity index (χ3n) is 3.87. The molecule has 1 aliphatic heterocycles. The quantitative estimate of drug-likeness (QED) is 0.888. The highest BCUT2D eigenvalue weighted by Crippen LogP contribution is 2.30. The molecule has 0 aliphatic carbocycles. The van der Waals surface area contributed by atoms with E-state index in [0.29, 0.717) is 12.0 Å². The molecule has 4 heteroatoms. The number of likely N-dealkylation sites (N-methyl/N-ethyl adjacent to an activating group) is 2. The minimum absolute atomic E-state index is 0.539. The monoisotopic (exact) mass is 267 g/mol. The summed E-state index contributed by atoms with van der Waals surface area (Å²) in [6.45, 7) is 8.11. The molecular weight excluding hydrogens is 242 g/mol. The fourth-order valence-corrected chi connectivity index (χ4v) is 3.73. The van der Waals surface area contributed by atoms with Crippen molar-refractivity contribution in [1.29, 1.82) is 0 Å². The first-order chi connectivity index (χ1) is 8.72. The molecule has 0 amide bonds. The summed E-state index contributed by atoms with van der Waals surface area (Å²) >= 11 is 1.92. The first-order valence-electron chi connectivity index (χ1n) is 7.07. The van der Waals surface area contributed by atoms with Gasteiger partial charge in [-0.15, -0.1) is 11.3 Å². The van der Waals surface area contributed by atoms with E-state index >= 15 is 0 Å². The first-order valence-corrected chi connectivity index (χ1v) is 7.88. The molecule has 2 heterocycles. The van der Waals surface area contributed by atoms with Crippen LogP contribution in [0.4, 0.5) is 0 Å². The fraction of sp³-hybridized carbons (Fsp3) is 0.786. The number of aromatic nitrogens is 1. The minimum Gasteiger partial charge on any atom is -0.317 e. The van der Waals surface area contributed by atoms with Crippen molar-refractivity contribution in [1.82, 2.24) is 15.2 Å². The Kier molecular flexibility index (Phi) is 5.15. The molecule has 1 aromatic heterocycles. The molecule has 18 heavy (non-hydrogen) atoms. The molecule has 1 saturated heterocycles. The van der Waals surface area contributed by atoms with Gasteiger partial charge >= 0.3 is 0 Å². The van der Waals surface area contributed by atoms with Crippen LogP contribution in [0.5, 0.6) is 0 Å². The topological polar surface area (TPSA) is 28.2 Å². The number of nitrogens with one attached hydrogen (secondary N) is 1. The number of hydrogen-bond donors (Lipinski definition) is 1. The summed E-state index contributed by atoms with van der Waals surface area (Å²) in [5, 5.41) is 4.64. The van der Waals surface area contributed by atoms with Crippen LogP contribution < -0.4 is 5.32 Å². The zero-order valence-electron chi connectivity index (χ0n) is 11.8. The maximum absolute atomic E-state index is 4.66. The van der Waals surface area contributed by atoms with Crippen molar-refractivity contribution in [3.05, 3.63) is 16.1 Å². The molecule has 0 bridgehead atoms. The van der Waals surface area contributed by atoms with Gasteiger partial charge < -0.3 is 10.2 Å². The normalized spacial score (nSPS) is 23.2. The minimum atomic E-state index is 0.539. The third-order valence-corrected chi connectivity index (χ3v) is 5.06. The molecule has 0 spiro atoms. The van der Waals surface area contributed by atoms with E-state index in [1.165, 1.54) is 42.4 Å². The molecule has 0 aromatic carbocycles. The second kappa shape index (κ2) is 6.64. The molecule has 1 fully saturated rings. The average molecular weight is 267 g/mol. The molecule has 0 saturated carbocycles. The van der Waals surface area contributed by atoms with Crippen LogP contribution in [0.3, 0.4) is 0 Å². The second-order valence-corrected chi connectivity index (χ2v) is 6.44. The molecule has 102 valence electrons. The van der Waals surface area contributed by atoms with Gasteiger partial charge in [0.1, 0.15) is 0 Å². The number of likely N-dealkylation sites (tertiary alicyclic amines) is 1. The fourth-order valence-electron chi connectivity index (χ4n) is 2.55. The summed E-state index contributed by atoms with van der Waals surface area (Å²) in [5.41, 5.74) is 0. The lowest BCUT2D eigenvalue weighted by Gasteiger charge is -2.30. The molecule has 2 unspecified atom stereocenters. The Labute approximate surface area is 115 Å². The summed E-state index contributed by atoms with van der Waals surface area (Å²) in [6, 6.07) is 0.539. The smallest absolute Gasteiger partial charge is 0.0971 e. The van der Waals surface area contributed by atoms with E-state index in [1.807, 2.05) is 18.4 Å². The average Bonchev–Trinajstić information content (AvgIpc) is 2.87. The van der Waals surface area contributed by atoms with Crippen LogP contribution in [0, 0.1) is 0 Å². The van der Waals surface area contributed by atoms with Crippen molar-refractivity contribution in [3.63, 3.8) is 0 Å². The van der Waals surface area contributed by atoms with Crippen molar-refractivity contribution in [2.24, 2.45) is 0 Å². The van der Waals surface area contributed by atoms with E-state index < -0.39 is 0 Å². The Hall–Kier alpha value is -0.450. The van der Waals surface area contributed by atoms with Crippen molar-refractivity contribution in [2.75, 3.05) is 26.7 Å². The predicted molar refractivity (Wildman–Crippen MR) is 78.4 cm³/mol. The molecule has 1 aliphatic rings. The lowest BCUT2D eigenvalue weighted by Crippen LogP contribution is -2.33. The van der Waals surface area contributed by atoms with Crippen LogP contribution in [0.25, 0.3) is 0 Å². The Bertz CT molecular complexity index is 364. The molecule has 0 radical (unpaired) electrons. The Balaban J connectivity index is 1.96. The molecule has 2 atom stereocenters. The van der Waals surface area contributed by atoms with Crippen LogP contribution >= 0.6 is 11.3 Å². The Morgan fingerprint density at radius 1 is 1.61 bits per heavy atom. The summed E-state index contributed by atoms with van der Waals surface area (Å²) < 4.78 is 0. The Morgan fingerprint density at radius 3 is 3.17 bits per heavy atom. The van der Waals surface area contributed by atoms with Gasteiger partial charge in [0.2, 0.25) is 0 Å². The lowest BCUT2D eigenvalue weighted by atomic mass is 9.99. The van der Waals surface area contributed by atoms with Gasteiger partial charge in [-0.2, -0.15) is 0 Å². The summed E-state index contributed by atoms with van der Waals surface area (Å²) in [4.78, 5) is 8.62. The van der Waals surface area contributed by atoms with Gasteiger partial charge in [-0.05, 0) is 46.3 Å². The largest absolute Gasteiger partial charge is 0.317 e. The van der Waals surface area contributed by atoms with Crippen molar-refractivity contribution >= 4 is 11.3 Å². The summed E-state index contributed by atoms with van der Waals surface area (Å²) in [7, 11) is 2.02. The maximum Gasteiger partial charge on any atom is 0.0971 e. The number of nitrogens with zero attached hydrogens (tertiary/aromatic N) is 2. The van der Waals surface area contributed by atoms with E-state index in [4.69, 9.17) is 0 Å².